The lowest BCUT2D eigenvalue weighted by Crippen LogP contribution is -2.05. The highest BCUT2D eigenvalue weighted by atomic mass is 79.9. The van der Waals surface area contributed by atoms with Crippen LogP contribution in [0.4, 0.5) is 0 Å². The van der Waals surface area contributed by atoms with E-state index in [2.05, 4.69) is 25.5 Å². The molecule has 0 bridgehead atoms. The minimum atomic E-state index is 0.278. The fourth-order valence-electron chi connectivity index (χ4n) is 2.28. The molecule has 1 N–H and O–H groups in total. The van der Waals surface area contributed by atoms with E-state index in [1.165, 1.54) is 0 Å². The predicted molar refractivity (Wildman–Crippen MR) is 91.4 cm³/mol. The topological polar surface area (TPSA) is 38.0 Å². The van der Waals surface area contributed by atoms with Gasteiger partial charge in [0.15, 0.2) is 0 Å². The maximum atomic E-state index is 9.35. The van der Waals surface area contributed by atoms with E-state index in [9.17, 15) is 5.11 Å². The van der Waals surface area contributed by atoms with E-state index >= 15 is 0 Å². The fraction of sp³-hybridized carbons (Fsp3) is 0.118. The second-order valence-electron chi connectivity index (χ2n) is 5.06. The van der Waals surface area contributed by atoms with Crippen LogP contribution in [0.2, 0.25) is 5.02 Å². The zero-order valence-corrected chi connectivity index (χ0v) is 14.0. The van der Waals surface area contributed by atoms with E-state index < -0.39 is 0 Å². The van der Waals surface area contributed by atoms with Gasteiger partial charge < -0.3 is 9.67 Å². The lowest BCUT2D eigenvalue weighted by atomic mass is 10.1. The van der Waals surface area contributed by atoms with E-state index in [1.807, 2.05) is 36.5 Å². The normalized spacial score (nSPS) is 10.8. The molecule has 3 nitrogen and oxygen atoms in total. The summed E-state index contributed by atoms with van der Waals surface area (Å²) in [7, 11) is 0. The van der Waals surface area contributed by atoms with Crippen molar-refractivity contribution in [1.82, 2.24) is 9.55 Å². The van der Waals surface area contributed by atoms with Gasteiger partial charge in [-0.1, -0.05) is 29.8 Å². The lowest BCUT2D eigenvalue weighted by Gasteiger charge is -2.09. The zero-order valence-electron chi connectivity index (χ0n) is 11.7. The molecule has 0 aliphatic carbocycles. The summed E-state index contributed by atoms with van der Waals surface area (Å²) in [6, 6.07) is 13.1. The minimum Gasteiger partial charge on any atom is -0.508 e. The van der Waals surface area contributed by atoms with Gasteiger partial charge >= 0.3 is 0 Å². The Labute approximate surface area is 142 Å². The Kier molecular flexibility index (Phi) is 4.50. The molecule has 1 aromatic heterocycles. The summed E-state index contributed by atoms with van der Waals surface area (Å²) in [6.07, 6.45) is 4.51. The molecule has 2 aromatic carbocycles. The number of hydrogen-bond acceptors (Lipinski definition) is 2. The van der Waals surface area contributed by atoms with Crippen molar-refractivity contribution in [2.24, 2.45) is 0 Å². The van der Waals surface area contributed by atoms with Crippen LogP contribution in [0.3, 0.4) is 0 Å². The van der Waals surface area contributed by atoms with Gasteiger partial charge in [-0.3, -0.25) is 0 Å². The molecular formula is C17H14BrClN2O. The van der Waals surface area contributed by atoms with E-state index in [0.29, 0.717) is 5.02 Å². The van der Waals surface area contributed by atoms with Gasteiger partial charge in [-0.05, 0) is 51.3 Å². The second-order valence-corrected chi connectivity index (χ2v) is 6.32. The van der Waals surface area contributed by atoms with Gasteiger partial charge in [0, 0.05) is 29.8 Å². The monoisotopic (exact) mass is 376 g/mol. The first kappa shape index (κ1) is 15.1. The van der Waals surface area contributed by atoms with Crippen LogP contribution in [0.1, 0.15) is 17.0 Å². The Bertz CT molecular complexity index is 784. The molecule has 0 spiro atoms. The van der Waals surface area contributed by atoms with Crippen LogP contribution in [-0.4, -0.2) is 14.7 Å². The molecule has 1 heterocycles. The number of benzene rings is 2. The van der Waals surface area contributed by atoms with Crippen LogP contribution < -0.4 is 0 Å². The average Bonchev–Trinajstić information content (AvgIpc) is 2.92. The summed E-state index contributed by atoms with van der Waals surface area (Å²) in [5, 5.41) is 10.1. The highest BCUT2D eigenvalue weighted by molar-refractivity contribution is 9.10. The molecule has 0 fully saturated rings. The van der Waals surface area contributed by atoms with Crippen molar-refractivity contribution in [2.75, 3.05) is 0 Å². The molecule has 0 saturated heterocycles. The Morgan fingerprint density at radius 2 is 1.82 bits per heavy atom. The number of nitrogens with zero attached hydrogens (tertiary/aromatic N) is 2. The smallest absolute Gasteiger partial charge is 0.115 e. The summed E-state index contributed by atoms with van der Waals surface area (Å²) >= 11 is 9.47. The summed E-state index contributed by atoms with van der Waals surface area (Å²) in [5.74, 6) is 1.27. The number of halogens is 2. The van der Waals surface area contributed by atoms with Crippen LogP contribution in [0.15, 0.2) is 59.3 Å². The first-order chi connectivity index (χ1) is 10.6. The molecule has 112 valence electrons. The number of hydrogen-bond donors (Lipinski definition) is 1. The van der Waals surface area contributed by atoms with E-state index in [-0.39, 0.29) is 5.75 Å². The molecule has 0 radical (unpaired) electrons. The molecule has 0 aliphatic heterocycles. The maximum absolute atomic E-state index is 9.35. The number of aromatic nitrogens is 2. The largest absolute Gasteiger partial charge is 0.508 e. The highest BCUT2D eigenvalue weighted by Crippen LogP contribution is 2.24. The molecule has 0 aliphatic rings. The van der Waals surface area contributed by atoms with Gasteiger partial charge in [0.25, 0.3) is 0 Å². The molecule has 22 heavy (non-hydrogen) atoms. The number of aromatic hydroxyl groups is 1. The van der Waals surface area contributed by atoms with Crippen LogP contribution in [-0.2, 0) is 13.0 Å². The zero-order chi connectivity index (χ0) is 15.5. The molecule has 3 rings (SSSR count). The van der Waals surface area contributed by atoms with Gasteiger partial charge in [0.2, 0.25) is 0 Å². The van der Waals surface area contributed by atoms with Crippen molar-refractivity contribution in [2.45, 2.75) is 13.0 Å². The molecule has 0 amide bonds. The van der Waals surface area contributed by atoms with Crippen molar-refractivity contribution in [3.05, 3.63) is 81.3 Å². The molecule has 3 aromatic rings. The third-order valence-corrected chi connectivity index (χ3v) is 4.65. The van der Waals surface area contributed by atoms with Gasteiger partial charge in [0.1, 0.15) is 11.6 Å². The summed E-state index contributed by atoms with van der Waals surface area (Å²) in [4.78, 5) is 4.44. The van der Waals surface area contributed by atoms with E-state index in [4.69, 9.17) is 11.6 Å². The standard InChI is InChI=1S/C17H14BrClN2O/c18-15-9-13(3-6-16(15)19)10-17-20-7-8-21(17)11-12-1-4-14(22)5-2-12/h1-9,22H,10-11H2. The van der Waals surface area contributed by atoms with Gasteiger partial charge in [-0.25, -0.2) is 4.98 Å². The average molecular weight is 378 g/mol. The van der Waals surface area contributed by atoms with Crippen LogP contribution in [0.25, 0.3) is 0 Å². The SMILES string of the molecule is Oc1ccc(Cn2ccnc2Cc2ccc(Cl)c(Br)c2)cc1. The maximum Gasteiger partial charge on any atom is 0.115 e. The van der Waals surface area contributed by atoms with E-state index in [0.717, 1.165) is 34.4 Å². The predicted octanol–water partition coefficient (Wildman–Crippen LogP) is 4.64. The van der Waals surface area contributed by atoms with Gasteiger partial charge in [-0.15, -0.1) is 0 Å². The quantitative estimate of drug-likeness (QED) is 0.719. The third kappa shape index (κ3) is 3.51. The molecule has 0 saturated carbocycles. The molecule has 0 atom stereocenters. The van der Waals surface area contributed by atoms with Gasteiger partial charge in [0.05, 0.1) is 5.02 Å². The number of rotatable bonds is 4. The van der Waals surface area contributed by atoms with Crippen LogP contribution in [0.5, 0.6) is 5.75 Å². The van der Waals surface area contributed by atoms with Crippen molar-refractivity contribution in [3.8, 4) is 5.75 Å². The molecule has 0 unspecified atom stereocenters. The summed E-state index contributed by atoms with van der Waals surface area (Å²) in [5.41, 5.74) is 2.27. The Morgan fingerprint density at radius 3 is 2.55 bits per heavy atom. The molecule has 5 heteroatoms. The first-order valence-corrected chi connectivity index (χ1v) is 8.01. The van der Waals surface area contributed by atoms with E-state index in [1.54, 1.807) is 18.3 Å². The fourth-order valence-corrected chi connectivity index (χ4v) is 2.83. The van der Waals surface area contributed by atoms with Crippen LogP contribution in [0, 0.1) is 0 Å². The Balaban J connectivity index is 1.79. The number of imidazole rings is 1. The van der Waals surface area contributed by atoms with Crippen molar-refractivity contribution >= 4 is 27.5 Å². The van der Waals surface area contributed by atoms with Gasteiger partial charge in [-0.2, -0.15) is 0 Å². The number of phenols is 1. The molecular weight excluding hydrogens is 364 g/mol. The lowest BCUT2D eigenvalue weighted by molar-refractivity contribution is 0.475. The summed E-state index contributed by atoms with van der Waals surface area (Å²) in [6.45, 7) is 0.727. The first-order valence-electron chi connectivity index (χ1n) is 6.83. The Hall–Kier alpha value is -1.78. The number of phenolic OH excluding ortho intramolecular Hbond substituents is 1. The van der Waals surface area contributed by atoms with Crippen molar-refractivity contribution in [1.29, 1.82) is 0 Å². The summed E-state index contributed by atoms with van der Waals surface area (Å²) < 4.78 is 3.00. The van der Waals surface area contributed by atoms with Crippen molar-refractivity contribution in [3.63, 3.8) is 0 Å². The highest BCUT2D eigenvalue weighted by Gasteiger charge is 2.07. The van der Waals surface area contributed by atoms with Crippen LogP contribution >= 0.6 is 27.5 Å². The third-order valence-electron chi connectivity index (χ3n) is 3.44. The van der Waals surface area contributed by atoms with Crippen molar-refractivity contribution < 1.29 is 5.11 Å². The Morgan fingerprint density at radius 1 is 1.09 bits per heavy atom. The minimum absolute atomic E-state index is 0.278. The second kappa shape index (κ2) is 6.55.